The maximum absolute atomic E-state index is 13.6. The summed E-state index contributed by atoms with van der Waals surface area (Å²) < 4.78 is 21.4. The van der Waals surface area contributed by atoms with Crippen LogP contribution in [0.1, 0.15) is 53.5 Å². The van der Waals surface area contributed by atoms with E-state index in [1.165, 1.54) is 0 Å². The van der Waals surface area contributed by atoms with Crippen molar-refractivity contribution in [3.8, 4) is 11.5 Å². The number of aromatic nitrogens is 1. The number of ether oxygens (including phenoxy) is 3. The maximum Gasteiger partial charge on any atom is 0.340 e. The van der Waals surface area contributed by atoms with Crippen molar-refractivity contribution in [3.63, 3.8) is 0 Å². The van der Waals surface area contributed by atoms with Gasteiger partial charge in [-0.05, 0) is 64.1 Å². The number of anilines is 1. The monoisotopic (exact) mass is 574 g/mol. The number of carbonyl (C=O) groups is 1. The van der Waals surface area contributed by atoms with Gasteiger partial charge >= 0.3 is 5.97 Å². The molecule has 0 saturated carbocycles. The zero-order valence-corrected chi connectivity index (χ0v) is 25.3. The highest BCUT2D eigenvalue weighted by molar-refractivity contribution is 5.99. The lowest BCUT2D eigenvalue weighted by Crippen LogP contribution is -2.31. The minimum atomic E-state index is -1.20. The summed E-state index contributed by atoms with van der Waals surface area (Å²) in [5.41, 5.74) is 5.09. The van der Waals surface area contributed by atoms with E-state index < -0.39 is 5.60 Å². The van der Waals surface area contributed by atoms with Crippen molar-refractivity contribution in [2.24, 2.45) is 0 Å². The van der Waals surface area contributed by atoms with Gasteiger partial charge in [0.15, 0.2) is 5.60 Å². The van der Waals surface area contributed by atoms with Gasteiger partial charge in [-0.3, -0.25) is 0 Å². The molecule has 4 aromatic carbocycles. The molecule has 0 bridgehead atoms. The van der Waals surface area contributed by atoms with E-state index in [9.17, 15) is 4.79 Å². The molecule has 0 fully saturated rings. The zero-order chi connectivity index (χ0) is 30.0. The van der Waals surface area contributed by atoms with Crippen LogP contribution in [0.5, 0.6) is 11.5 Å². The van der Waals surface area contributed by atoms with Crippen LogP contribution >= 0.6 is 0 Å². The molecule has 220 valence electrons. The lowest BCUT2D eigenvalue weighted by Gasteiger charge is -2.33. The van der Waals surface area contributed by atoms with Gasteiger partial charge in [0.2, 0.25) is 0 Å². The number of carbonyl (C=O) groups excluding carboxylic acids is 1. The van der Waals surface area contributed by atoms with Crippen LogP contribution in [-0.4, -0.2) is 36.8 Å². The van der Waals surface area contributed by atoms with Gasteiger partial charge in [0.05, 0.1) is 18.7 Å². The number of fused-ring (bicyclic) bond motifs is 2. The number of rotatable bonds is 11. The first-order valence-electron chi connectivity index (χ1n) is 15.1. The Morgan fingerprint density at radius 3 is 2.30 bits per heavy atom. The molecular weight excluding hydrogens is 536 g/mol. The van der Waals surface area contributed by atoms with Crippen molar-refractivity contribution in [3.05, 3.63) is 125 Å². The molecule has 1 aliphatic rings. The van der Waals surface area contributed by atoms with Crippen LogP contribution in [0, 0.1) is 6.92 Å². The second kappa shape index (κ2) is 11.9. The fourth-order valence-electron chi connectivity index (χ4n) is 6.53. The quantitative estimate of drug-likeness (QED) is 0.151. The summed E-state index contributed by atoms with van der Waals surface area (Å²) in [6, 6.07) is 32.2. The molecule has 43 heavy (non-hydrogen) atoms. The normalized spacial score (nSPS) is 15.8. The Hall–Kier alpha value is -4.71. The molecule has 0 radical (unpaired) electrons. The Kier molecular flexibility index (Phi) is 7.85. The Labute approximate surface area is 253 Å². The first kappa shape index (κ1) is 28.4. The Bertz CT molecular complexity index is 1760. The predicted molar refractivity (Wildman–Crippen MR) is 172 cm³/mol. The molecule has 6 heteroatoms. The van der Waals surface area contributed by atoms with Crippen LogP contribution in [0.3, 0.4) is 0 Å². The first-order valence-corrected chi connectivity index (χ1v) is 15.1. The minimum Gasteiger partial charge on any atom is -0.493 e. The highest BCUT2D eigenvalue weighted by atomic mass is 16.6. The van der Waals surface area contributed by atoms with Gasteiger partial charge in [-0.25, -0.2) is 4.79 Å². The average Bonchev–Trinajstić information content (AvgIpc) is 3.49. The molecule has 6 nitrogen and oxygen atoms in total. The summed E-state index contributed by atoms with van der Waals surface area (Å²) in [5, 5.41) is 1.03. The molecule has 0 saturated heterocycles. The van der Waals surface area contributed by atoms with Gasteiger partial charge in [-0.1, -0.05) is 54.6 Å². The van der Waals surface area contributed by atoms with Crippen LogP contribution in [0.15, 0.2) is 97.1 Å². The lowest BCUT2D eigenvalue weighted by molar-refractivity contribution is 0.0246. The van der Waals surface area contributed by atoms with E-state index in [1.54, 1.807) is 0 Å². The van der Waals surface area contributed by atoms with Gasteiger partial charge in [0, 0.05) is 58.1 Å². The summed E-state index contributed by atoms with van der Waals surface area (Å²) in [6.45, 7) is 11.8. The van der Waals surface area contributed by atoms with E-state index in [4.69, 9.17) is 14.2 Å². The predicted octanol–water partition coefficient (Wildman–Crippen LogP) is 7.74. The first-order chi connectivity index (χ1) is 21.0. The summed E-state index contributed by atoms with van der Waals surface area (Å²) >= 11 is 0. The van der Waals surface area contributed by atoms with E-state index in [1.807, 2.05) is 73.7 Å². The summed E-state index contributed by atoms with van der Waals surface area (Å²) in [6.07, 6.45) is 0. The van der Waals surface area contributed by atoms with E-state index in [2.05, 4.69) is 60.6 Å². The van der Waals surface area contributed by atoms with Gasteiger partial charge < -0.3 is 23.7 Å². The molecule has 1 aliphatic heterocycles. The van der Waals surface area contributed by atoms with E-state index >= 15 is 0 Å². The number of cyclic esters (lactones) is 1. The number of hydrogen-bond acceptors (Lipinski definition) is 5. The van der Waals surface area contributed by atoms with Crippen LogP contribution in [0.2, 0.25) is 0 Å². The van der Waals surface area contributed by atoms with Gasteiger partial charge in [-0.15, -0.1) is 0 Å². The second-order valence-electron chi connectivity index (χ2n) is 10.7. The van der Waals surface area contributed by atoms with Crippen molar-refractivity contribution in [2.75, 3.05) is 31.2 Å². The van der Waals surface area contributed by atoms with Crippen molar-refractivity contribution in [1.82, 2.24) is 4.57 Å². The molecule has 0 spiro atoms. The van der Waals surface area contributed by atoms with Crippen molar-refractivity contribution < 1.29 is 19.0 Å². The Morgan fingerprint density at radius 1 is 0.814 bits per heavy atom. The van der Waals surface area contributed by atoms with Crippen LogP contribution in [-0.2, 0) is 16.9 Å². The standard InChI is InChI=1S/C37H38N2O4/c1-5-38(6-2)27-21-22-32(34(25-27)41-7-3)37(31-19-13-11-17-29(31)36(40)43-37)35-26(4)39(33-20-14-12-18-30(33)35)23-24-42-28-15-9-8-10-16-28/h8-22,25H,5-7,23-24H2,1-4H3. The average molecular weight is 575 g/mol. The number of para-hydroxylation sites is 2. The van der Waals surface area contributed by atoms with Crippen LogP contribution in [0.25, 0.3) is 10.9 Å². The molecule has 1 atom stereocenters. The number of esters is 1. The van der Waals surface area contributed by atoms with Gasteiger partial charge in [-0.2, -0.15) is 0 Å². The molecule has 1 aromatic heterocycles. The van der Waals surface area contributed by atoms with Crippen molar-refractivity contribution in [1.29, 1.82) is 0 Å². The fraction of sp³-hybridized carbons (Fsp3) is 0.270. The molecule has 0 aliphatic carbocycles. The second-order valence-corrected chi connectivity index (χ2v) is 10.7. The molecule has 0 N–H and O–H groups in total. The number of nitrogens with zero attached hydrogens (tertiary/aromatic N) is 2. The summed E-state index contributed by atoms with van der Waals surface area (Å²) in [5.74, 6) is 1.20. The third kappa shape index (κ3) is 4.81. The Morgan fingerprint density at radius 2 is 1.53 bits per heavy atom. The van der Waals surface area contributed by atoms with Gasteiger partial charge in [0.25, 0.3) is 0 Å². The topological polar surface area (TPSA) is 52.9 Å². The summed E-state index contributed by atoms with van der Waals surface area (Å²) in [4.78, 5) is 15.9. The Balaban J connectivity index is 1.58. The van der Waals surface area contributed by atoms with Gasteiger partial charge in [0.1, 0.15) is 18.1 Å². The molecule has 5 aromatic rings. The van der Waals surface area contributed by atoms with Crippen molar-refractivity contribution >= 4 is 22.6 Å². The van der Waals surface area contributed by atoms with E-state index in [0.717, 1.165) is 57.8 Å². The maximum atomic E-state index is 13.6. The lowest BCUT2D eigenvalue weighted by atomic mass is 9.78. The fourth-order valence-corrected chi connectivity index (χ4v) is 6.53. The number of hydrogen-bond donors (Lipinski definition) is 0. The highest BCUT2D eigenvalue weighted by Crippen LogP contribution is 2.53. The van der Waals surface area contributed by atoms with Crippen molar-refractivity contribution in [2.45, 2.75) is 39.8 Å². The highest BCUT2D eigenvalue weighted by Gasteiger charge is 2.52. The smallest absolute Gasteiger partial charge is 0.340 e. The van der Waals surface area contributed by atoms with E-state index in [-0.39, 0.29) is 5.97 Å². The van der Waals surface area contributed by atoms with E-state index in [0.29, 0.717) is 31.1 Å². The third-order valence-corrected chi connectivity index (χ3v) is 8.45. The molecule has 2 heterocycles. The minimum absolute atomic E-state index is 0.338. The molecule has 0 amide bonds. The molecular formula is C37H38N2O4. The van der Waals surface area contributed by atoms with Crippen LogP contribution < -0.4 is 14.4 Å². The number of benzene rings is 4. The third-order valence-electron chi connectivity index (χ3n) is 8.45. The zero-order valence-electron chi connectivity index (χ0n) is 25.3. The molecule has 6 rings (SSSR count). The SMILES string of the molecule is CCOc1cc(N(CC)CC)ccc1C1(c2c(C)n(CCOc3ccccc3)c3ccccc23)OC(=O)c2ccccc21. The largest absolute Gasteiger partial charge is 0.493 e. The van der Waals surface area contributed by atoms with Crippen LogP contribution in [0.4, 0.5) is 5.69 Å². The summed E-state index contributed by atoms with van der Waals surface area (Å²) in [7, 11) is 0. The molecule has 1 unspecified atom stereocenters.